The molecule has 0 bridgehead atoms. The molecule has 3 aromatic rings. The van der Waals surface area contributed by atoms with E-state index in [-0.39, 0.29) is 28.1 Å². The van der Waals surface area contributed by atoms with Crippen molar-refractivity contribution in [1.82, 2.24) is 24.0 Å². The summed E-state index contributed by atoms with van der Waals surface area (Å²) in [6.07, 6.45) is 1.53. The highest BCUT2D eigenvalue weighted by molar-refractivity contribution is 7.89. The minimum Gasteiger partial charge on any atom is -0.339 e. The Morgan fingerprint density at radius 2 is 1.90 bits per heavy atom. The predicted molar refractivity (Wildman–Crippen MR) is 114 cm³/mol. The molecule has 0 radical (unpaired) electrons. The molecule has 11 heteroatoms. The van der Waals surface area contributed by atoms with Crippen LogP contribution in [0.2, 0.25) is 0 Å². The van der Waals surface area contributed by atoms with Crippen molar-refractivity contribution in [1.29, 1.82) is 0 Å². The summed E-state index contributed by atoms with van der Waals surface area (Å²) < 4.78 is 35.7. The van der Waals surface area contributed by atoms with Gasteiger partial charge < -0.3 is 4.52 Å². The molecule has 1 saturated carbocycles. The Morgan fingerprint density at radius 3 is 2.48 bits per heavy atom. The first kappa shape index (κ1) is 21.4. The van der Waals surface area contributed by atoms with Gasteiger partial charge in [-0.2, -0.15) is 4.98 Å². The monoisotopic (exact) mass is 447 g/mol. The zero-order valence-corrected chi connectivity index (χ0v) is 18.9. The lowest BCUT2D eigenvalue weighted by atomic mass is 9.97. The van der Waals surface area contributed by atoms with Crippen molar-refractivity contribution in [3.63, 3.8) is 0 Å². The van der Waals surface area contributed by atoms with E-state index in [1.807, 2.05) is 27.7 Å². The quantitative estimate of drug-likeness (QED) is 0.623. The largest absolute Gasteiger partial charge is 0.339 e. The molecule has 0 atom stereocenters. The standard InChI is InChI=1S/C20H25N5O5S/c1-19(2,3)17-21-15(22-30-17)11-25-14-7-6-12(31(28,29)23-20(4)8-9-20)10-13(14)16(26)24(5)18(25)27/h6-7,10,23H,8-9,11H2,1-5H3. The second kappa shape index (κ2) is 6.86. The first-order valence-corrected chi connectivity index (χ1v) is 11.4. The maximum absolute atomic E-state index is 12.8. The summed E-state index contributed by atoms with van der Waals surface area (Å²) in [6, 6.07) is 4.16. The molecular formula is C20H25N5O5S. The number of hydrogen-bond acceptors (Lipinski definition) is 7. The number of rotatable bonds is 5. The molecule has 10 nitrogen and oxygen atoms in total. The zero-order valence-electron chi connectivity index (χ0n) is 18.1. The molecule has 1 aliphatic carbocycles. The summed E-state index contributed by atoms with van der Waals surface area (Å²) in [5.41, 5.74) is -1.63. The molecule has 4 rings (SSSR count). The van der Waals surface area contributed by atoms with E-state index in [1.54, 1.807) is 0 Å². The highest BCUT2D eigenvalue weighted by Crippen LogP contribution is 2.36. The van der Waals surface area contributed by atoms with Crippen LogP contribution in [-0.4, -0.2) is 33.2 Å². The van der Waals surface area contributed by atoms with Gasteiger partial charge in [-0.15, -0.1) is 0 Å². The SMILES string of the molecule is Cn1c(=O)c2cc(S(=O)(=O)NC3(C)CC3)ccc2n(Cc2noc(C(C)(C)C)n2)c1=O. The maximum Gasteiger partial charge on any atom is 0.331 e. The molecule has 1 aliphatic rings. The second-order valence-electron chi connectivity index (χ2n) is 9.34. The minimum absolute atomic E-state index is 0.0224. The van der Waals surface area contributed by atoms with Crippen molar-refractivity contribution in [2.24, 2.45) is 7.05 Å². The Hall–Kier alpha value is -2.79. The van der Waals surface area contributed by atoms with Crippen molar-refractivity contribution >= 4 is 20.9 Å². The van der Waals surface area contributed by atoms with Gasteiger partial charge in [0.15, 0.2) is 5.82 Å². The number of nitrogens with zero attached hydrogens (tertiary/aromatic N) is 4. The third-order valence-corrected chi connectivity index (χ3v) is 7.05. The number of hydrogen-bond donors (Lipinski definition) is 1. The molecule has 0 aliphatic heterocycles. The summed E-state index contributed by atoms with van der Waals surface area (Å²) in [6.45, 7) is 7.59. The molecule has 1 aromatic carbocycles. The van der Waals surface area contributed by atoms with Gasteiger partial charge in [0.2, 0.25) is 15.9 Å². The number of fused-ring (bicyclic) bond motifs is 1. The van der Waals surface area contributed by atoms with Crippen LogP contribution >= 0.6 is 0 Å². The summed E-state index contributed by atoms with van der Waals surface area (Å²) in [4.78, 5) is 29.9. The van der Waals surface area contributed by atoms with Crippen molar-refractivity contribution in [2.75, 3.05) is 0 Å². The van der Waals surface area contributed by atoms with Crippen LogP contribution in [0.5, 0.6) is 0 Å². The summed E-state index contributed by atoms with van der Waals surface area (Å²) >= 11 is 0. The third kappa shape index (κ3) is 3.94. The van der Waals surface area contributed by atoms with Crippen LogP contribution in [0.3, 0.4) is 0 Å². The van der Waals surface area contributed by atoms with Gasteiger partial charge in [0.25, 0.3) is 5.56 Å². The van der Waals surface area contributed by atoms with Crippen LogP contribution in [0.25, 0.3) is 10.9 Å². The highest BCUT2D eigenvalue weighted by Gasteiger charge is 2.41. The average Bonchev–Trinajstić information content (AvgIpc) is 3.19. The van der Waals surface area contributed by atoms with Crippen LogP contribution in [0, 0.1) is 0 Å². The molecule has 0 saturated heterocycles. The van der Waals surface area contributed by atoms with Gasteiger partial charge >= 0.3 is 5.69 Å². The first-order valence-electron chi connectivity index (χ1n) is 9.91. The molecule has 0 unspecified atom stereocenters. The first-order chi connectivity index (χ1) is 14.3. The van der Waals surface area contributed by atoms with Gasteiger partial charge in [0.05, 0.1) is 22.3 Å². The van der Waals surface area contributed by atoms with Crippen molar-refractivity contribution in [3.8, 4) is 0 Å². The molecular weight excluding hydrogens is 422 g/mol. The molecule has 1 fully saturated rings. The van der Waals surface area contributed by atoms with Crippen molar-refractivity contribution in [2.45, 2.75) is 62.9 Å². The van der Waals surface area contributed by atoms with E-state index < -0.39 is 26.8 Å². The van der Waals surface area contributed by atoms with E-state index >= 15 is 0 Å². The van der Waals surface area contributed by atoms with Crippen molar-refractivity contribution in [3.05, 3.63) is 50.8 Å². The molecule has 2 aromatic heterocycles. The van der Waals surface area contributed by atoms with Gasteiger partial charge in [0, 0.05) is 18.0 Å². The molecule has 2 heterocycles. The Morgan fingerprint density at radius 1 is 1.23 bits per heavy atom. The van der Waals surface area contributed by atoms with E-state index in [0.29, 0.717) is 11.4 Å². The summed E-state index contributed by atoms with van der Waals surface area (Å²) in [5, 5.41) is 4.06. The molecule has 0 amide bonds. The van der Waals surface area contributed by atoms with E-state index in [4.69, 9.17) is 4.52 Å². The Balaban J connectivity index is 1.82. The highest BCUT2D eigenvalue weighted by atomic mass is 32.2. The van der Waals surface area contributed by atoms with Crippen LogP contribution < -0.4 is 16.0 Å². The van der Waals surface area contributed by atoms with Gasteiger partial charge in [-0.3, -0.25) is 13.9 Å². The predicted octanol–water partition coefficient (Wildman–Crippen LogP) is 1.26. The number of nitrogens with one attached hydrogen (secondary N) is 1. The van der Waals surface area contributed by atoms with Gasteiger partial charge in [0.1, 0.15) is 0 Å². The normalized spacial score (nSPS) is 16.0. The summed E-state index contributed by atoms with van der Waals surface area (Å²) in [7, 11) is -2.45. The fraction of sp³-hybridized carbons (Fsp3) is 0.500. The van der Waals surface area contributed by atoms with E-state index in [0.717, 1.165) is 17.4 Å². The lowest BCUT2D eigenvalue weighted by Crippen LogP contribution is -2.39. The van der Waals surface area contributed by atoms with Crippen LogP contribution in [0.1, 0.15) is 52.3 Å². The van der Waals surface area contributed by atoms with Crippen LogP contribution in [-0.2, 0) is 29.0 Å². The van der Waals surface area contributed by atoms with Crippen molar-refractivity contribution < 1.29 is 12.9 Å². The van der Waals surface area contributed by atoms with Crippen LogP contribution in [0.15, 0.2) is 37.2 Å². The van der Waals surface area contributed by atoms with Gasteiger partial charge in [-0.05, 0) is 38.0 Å². The van der Waals surface area contributed by atoms with Gasteiger partial charge in [-0.25, -0.2) is 17.9 Å². The van der Waals surface area contributed by atoms with Gasteiger partial charge in [-0.1, -0.05) is 25.9 Å². The van der Waals surface area contributed by atoms with E-state index in [2.05, 4.69) is 14.9 Å². The number of aromatic nitrogens is 4. The zero-order chi connectivity index (χ0) is 22.8. The molecule has 1 N–H and O–H groups in total. The fourth-order valence-electron chi connectivity index (χ4n) is 3.23. The number of sulfonamides is 1. The molecule has 166 valence electrons. The molecule has 0 spiro atoms. The average molecular weight is 448 g/mol. The maximum atomic E-state index is 12.8. The Labute approximate surface area is 178 Å². The smallest absolute Gasteiger partial charge is 0.331 e. The number of benzene rings is 1. The van der Waals surface area contributed by atoms with Crippen LogP contribution in [0.4, 0.5) is 0 Å². The van der Waals surface area contributed by atoms with E-state index in [1.165, 1.54) is 29.8 Å². The Bertz CT molecular complexity index is 1400. The third-order valence-electron chi connectivity index (χ3n) is 5.41. The second-order valence-corrected chi connectivity index (χ2v) is 11.0. The topological polar surface area (TPSA) is 129 Å². The fourth-order valence-corrected chi connectivity index (χ4v) is 4.72. The van der Waals surface area contributed by atoms with E-state index in [9.17, 15) is 18.0 Å². The minimum atomic E-state index is -3.80. The molecule has 31 heavy (non-hydrogen) atoms. The summed E-state index contributed by atoms with van der Waals surface area (Å²) in [5.74, 6) is 0.713. The lowest BCUT2D eigenvalue weighted by Gasteiger charge is -2.14. The Kier molecular flexibility index (Phi) is 4.74. The lowest BCUT2D eigenvalue weighted by molar-refractivity contribution is 0.318.